The van der Waals surface area contributed by atoms with Gasteiger partial charge < -0.3 is 35.7 Å². The number of nitrogens with two attached hydrogens (primary N) is 2. The van der Waals surface area contributed by atoms with Crippen molar-refractivity contribution < 1.29 is 52.2 Å². The van der Waals surface area contributed by atoms with E-state index in [1.807, 2.05) is 0 Å². The molecule has 0 radical (unpaired) electrons. The van der Waals surface area contributed by atoms with Crippen molar-refractivity contribution in [3.8, 4) is 0 Å². The van der Waals surface area contributed by atoms with Gasteiger partial charge in [-0.1, -0.05) is 163 Å². The molecule has 0 aromatic heterocycles. The lowest BCUT2D eigenvalue weighted by Gasteiger charge is -2.20. The zero-order chi connectivity index (χ0) is 43.3. The molecule has 0 amide bonds. The van der Waals surface area contributed by atoms with Crippen LogP contribution in [0, 0.1) is 11.8 Å². The van der Waals surface area contributed by atoms with Crippen LogP contribution in [0.3, 0.4) is 0 Å². The van der Waals surface area contributed by atoms with Gasteiger partial charge in [-0.05, 0) is 44.1 Å². The molecule has 0 heterocycles. The number of rotatable bonds is 42. The molecule has 0 aliphatic rings. The summed E-state index contributed by atoms with van der Waals surface area (Å²) < 4.78 is 38.4. The number of aliphatic hydroxyl groups is 1. The molecule has 0 saturated heterocycles. The molecular weight excluding hydrogens is 763 g/mol. The molecule has 344 valence electrons. The maximum atomic E-state index is 12.7. The molecule has 0 saturated carbocycles. The molecule has 0 rings (SSSR count). The van der Waals surface area contributed by atoms with Crippen LogP contribution in [-0.4, -0.2) is 79.1 Å². The molecule has 0 aliphatic carbocycles. The molecule has 58 heavy (non-hydrogen) atoms. The highest BCUT2D eigenvalue weighted by Crippen LogP contribution is 2.43. The van der Waals surface area contributed by atoms with Crippen molar-refractivity contribution in [3.63, 3.8) is 0 Å². The largest absolute Gasteiger partial charge is 0.472 e. The normalized spacial score (nSPS) is 15.2. The third kappa shape index (κ3) is 36.3. The molecular formula is C44H87N2O11P. The van der Waals surface area contributed by atoms with E-state index in [2.05, 4.69) is 27.7 Å². The van der Waals surface area contributed by atoms with Crippen LogP contribution in [-0.2, 0) is 42.2 Å². The Balaban J connectivity index is 4.68. The minimum atomic E-state index is -4.74. The van der Waals surface area contributed by atoms with E-state index in [4.69, 9.17) is 34.7 Å². The number of carbonyl (C=O) groups is 3. The molecule has 0 spiro atoms. The van der Waals surface area contributed by atoms with Crippen molar-refractivity contribution in [2.45, 2.75) is 219 Å². The second-order valence-corrected chi connectivity index (χ2v) is 18.0. The van der Waals surface area contributed by atoms with Crippen LogP contribution in [0.5, 0.6) is 0 Å². The number of hydrogen-bond acceptors (Lipinski definition) is 12. The van der Waals surface area contributed by atoms with Gasteiger partial charge in [0.2, 0.25) is 0 Å². The third-order valence-corrected chi connectivity index (χ3v) is 11.8. The van der Waals surface area contributed by atoms with Gasteiger partial charge in [0.25, 0.3) is 0 Å². The zero-order valence-electron chi connectivity index (χ0n) is 37.2. The van der Waals surface area contributed by atoms with Crippen LogP contribution in [0.15, 0.2) is 0 Å². The Kier molecular flexibility index (Phi) is 37.3. The second-order valence-electron chi connectivity index (χ2n) is 16.5. The first kappa shape index (κ1) is 56.4. The predicted octanol–water partition coefficient (Wildman–Crippen LogP) is 9.61. The van der Waals surface area contributed by atoms with E-state index in [1.165, 1.54) is 89.9 Å². The Labute approximate surface area is 352 Å². The molecule has 0 fully saturated rings. The Morgan fingerprint density at radius 1 is 0.569 bits per heavy atom. The van der Waals surface area contributed by atoms with Crippen LogP contribution in [0.25, 0.3) is 0 Å². The highest BCUT2D eigenvalue weighted by molar-refractivity contribution is 7.47. The highest BCUT2D eigenvalue weighted by atomic mass is 31.2. The maximum absolute atomic E-state index is 12.7. The highest BCUT2D eigenvalue weighted by Gasteiger charge is 2.28. The monoisotopic (exact) mass is 851 g/mol. The average molecular weight is 851 g/mol. The number of esters is 3. The first-order valence-corrected chi connectivity index (χ1v) is 24.6. The molecule has 14 heteroatoms. The molecule has 0 aromatic carbocycles. The smallest absolute Gasteiger partial charge is 0.462 e. The summed E-state index contributed by atoms with van der Waals surface area (Å²) in [6, 6.07) is -0.876. The van der Waals surface area contributed by atoms with Crippen LogP contribution in [0.1, 0.15) is 201 Å². The summed E-state index contributed by atoms with van der Waals surface area (Å²) >= 11 is 0. The molecule has 0 bridgehead atoms. The van der Waals surface area contributed by atoms with E-state index < -0.39 is 63.8 Å². The lowest BCUT2D eigenvalue weighted by molar-refractivity contribution is -0.161. The van der Waals surface area contributed by atoms with Crippen molar-refractivity contribution in [2.24, 2.45) is 23.3 Å². The summed E-state index contributed by atoms with van der Waals surface area (Å²) in [7, 11) is -4.74. The zero-order valence-corrected chi connectivity index (χ0v) is 38.1. The Morgan fingerprint density at radius 2 is 1.00 bits per heavy atom. The molecule has 0 aromatic rings. The van der Waals surface area contributed by atoms with Crippen LogP contribution in [0.2, 0.25) is 0 Å². The van der Waals surface area contributed by atoms with E-state index >= 15 is 0 Å². The molecule has 3 unspecified atom stereocenters. The lowest BCUT2D eigenvalue weighted by Crippen LogP contribution is -2.35. The number of aliphatic hydroxyl groups excluding tert-OH is 1. The minimum Gasteiger partial charge on any atom is -0.462 e. The van der Waals surface area contributed by atoms with Gasteiger partial charge in [-0.2, -0.15) is 0 Å². The maximum Gasteiger partial charge on any atom is 0.472 e. The van der Waals surface area contributed by atoms with E-state index in [-0.39, 0.29) is 19.4 Å². The first-order chi connectivity index (χ1) is 27.8. The Bertz CT molecular complexity index is 1050. The van der Waals surface area contributed by atoms with Crippen LogP contribution in [0.4, 0.5) is 0 Å². The molecule has 13 nitrogen and oxygen atoms in total. The minimum absolute atomic E-state index is 0.159. The summed E-state index contributed by atoms with van der Waals surface area (Å²) in [5.41, 5.74) is 11.2. The van der Waals surface area contributed by atoms with E-state index in [1.54, 1.807) is 0 Å². The number of unbranched alkanes of at least 4 members (excludes halogenated alkanes) is 17. The summed E-state index contributed by atoms with van der Waals surface area (Å²) in [5.74, 6) is -0.0565. The Morgan fingerprint density at radius 3 is 1.48 bits per heavy atom. The fourth-order valence-corrected chi connectivity index (χ4v) is 7.17. The Hall–Kier alpha value is -1.60. The van der Waals surface area contributed by atoms with Crippen LogP contribution < -0.4 is 11.5 Å². The van der Waals surface area contributed by atoms with Gasteiger partial charge >= 0.3 is 25.7 Å². The van der Waals surface area contributed by atoms with Gasteiger partial charge in [-0.25, -0.2) is 4.57 Å². The van der Waals surface area contributed by atoms with Gasteiger partial charge in [-0.15, -0.1) is 0 Å². The summed E-state index contributed by atoms with van der Waals surface area (Å²) in [5, 5.41) is 10.1. The van der Waals surface area contributed by atoms with Gasteiger partial charge in [0.1, 0.15) is 25.4 Å². The predicted molar refractivity (Wildman–Crippen MR) is 231 cm³/mol. The van der Waals surface area contributed by atoms with Crippen molar-refractivity contribution in [1.29, 1.82) is 0 Å². The van der Waals surface area contributed by atoms with Crippen molar-refractivity contribution in [2.75, 3.05) is 33.0 Å². The number of phosphoric acid groups is 1. The second kappa shape index (κ2) is 38.3. The van der Waals surface area contributed by atoms with Crippen LogP contribution >= 0.6 is 7.82 Å². The molecule has 0 aliphatic heterocycles. The number of hydrogen-bond donors (Lipinski definition) is 4. The third-order valence-electron chi connectivity index (χ3n) is 10.8. The number of carbonyl (C=O) groups excluding carboxylic acids is 3. The van der Waals surface area contributed by atoms with Crippen molar-refractivity contribution in [3.05, 3.63) is 0 Å². The van der Waals surface area contributed by atoms with E-state index in [0.717, 1.165) is 50.4 Å². The molecule has 6 N–H and O–H groups in total. The fraction of sp³-hybridized carbons (Fsp3) is 0.932. The van der Waals surface area contributed by atoms with Crippen molar-refractivity contribution in [1.82, 2.24) is 0 Å². The topological polar surface area (TPSA) is 207 Å². The van der Waals surface area contributed by atoms with Gasteiger partial charge in [0.05, 0.1) is 13.2 Å². The molecule has 6 atom stereocenters. The standard InChI is InChI=1S/C44H87N2O11P/c1-5-37(3)27-21-17-13-9-7-8-10-15-19-23-30-42(48)53-35-40(57-43(49)31-24-20-16-12-11-14-18-22-28-38(4)6-2)36-56-58(51,52)55-34-39(47)33-54-44(50)41(46)29-25-26-32-45/h37-41,47H,5-36,45-46H2,1-4H3,(H,51,52)/t37?,38?,39-,40+,41-/m0/s1. The summed E-state index contributed by atoms with van der Waals surface area (Å²) in [6.07, 6.45) is 24.8. The lowest BCUT2D eigenvalue weighted by atomic mass is 9.99. The van der Waals surface area contributed by atoms with E-state index in [0.29, 0.717) is 38.6 Å². The van der Waals surface area contributed by atoms with E-state index in [9.17, 15) is 28.9 Å². The number of ether oxygens (including phenoxy) is 3. The SMILES string of the molecule is CCC(C)CCCCCCCCCCCCC(=O)OC[C@H](COP(=O)(O)OC[C@@H](O)COC(=O)[C@@H](N)CCCCN)OC(=O)CCCCCCCCCCC(C)CC. The fourth-order valence-electron chi connectivity index (χ4n) is 6.38. The van der Waals surface area contributed by atoms with Crippen molar-refractivity contribution >= 4 is 25.7 Å². The first-order valence-electron chi connectivity index (χ1n) is 23.1. The quantitative estimate of drug-likeness (QED) is 0.0196. The number of phosphoric ester groups is 1. The summed E-state index contributed by atoms with van der Waals surface area (Å²) in [6.45, 7) is 7.49. The van der Waals surface area contributed by atoms with Gasteiger partial charge in [0.15, 0.2) is 6.10 Å². The van der Waals surface area contributed by atoms with Gasteiger partial charge in [-0.3, -0.25) is 23.4 Å². The van der Waals surface area contributed by atoms with Gasteiger partial charge in [0, 0.05) is 12.8 Å². The average Bonchev–Trinajstić information content (AvgIpc) is 3.20. The summed E-state index contributed by atoms with van der Waals surface area (Å²) in [4.78, 5) is 47.6.